The second-order valence-corrected chi connectivity index (χ2v) is 7.77. The van der Waals surface area contributed by atoms with E-state index in [9.17, 15) is 8.42 Å². The van der Waals surface area contributed by atoms with E-state index in [1.165, 1.54) is 6.07 Å². The molecule has 4 nitrogen and oxygen atoms in total. The van der Waals surface area contributed by atoms with Crippen molar-refractivity contribution in [3.05, 3.63) is 22.7 Å². The van der Waals surface area contributed by atoms with Crippen molar-refractivity contribution in [2.45, 2.75) is 38.0 Å². The molecular weight excluding hydrogens is 284 g/mol. The predicted molar refractivity (Wildman–Crippen MR) is 77.7 cm³/mol. The molecule has 6 heteroatoms. The summed E-state index contributed by atoms with van der Waals surface area (Å²) in [7, 11) is -3.60. The van der Waals surface area contributed by atoms with Gasteiger partial charge in [-0.1, -0.05) is 24.9 Å². The molecule has 0 unspecified atom stereocenters. The van der Waals surface area contributed by atoms with Crippen LogP contribution in [0.25, 0.3) is 0 Å². The first-order valence-electron chi connectivity index (χ1n) is 6.29. The van der Waals surface area contributed by atoms with Gasteiger partial charge in [-0.3, -0.25) is 0 Å². The summed E-state index contributed by atoms with van der Waals surface area (Å²) in [6, 6.07) is 3.00. The van der Waals surface area contributed by atoms with Crippen molar-refractivity contribution in [3.8, 4) is 0 Å². The maximum Gasteiger partial charge on any atom is 0.242 e. The molecule has 0 spiro atoms. The Balaban J connectivity index is 2.22. The SMILES string of the molecule is Cc1cc(Cl)c(S(=O)(=O)NCC2(C)CCC2)cc1N. The minimum atomic E-state index is -3.60. The van der Waals surface area contributed by atoms with Gasteiger partial charge in [0.2, 0.25) is 10.0 Å². The van der Waals surface area contributed by atoms with Crippen molar-refractivity contribution < 1.29 is 8.42 Å². The van der Waals surface area contributed by atoms with Crippen LogP contribution in [0, 0.1) is 12.3 Å². The van der Waals surface area contributed by atoms with Crippen molar-refractivity contribution in [3.63, 3.8) is 0 Å². The Labute approximate surface area is 119 Å². The molecule has 1 fully saturated rings. The van der Waals surface area contributed by atoms with Crippen LogP contribution in [0.1, 0.15) is 31.7 Å². The number of hydrogen-bond acceptors (Lipinski definition) is 3. The third kappa shape index (κ3) is 3.04. The van der Waals surface area contributed by atoms with Crippen LogP contribution in [0.2, 0.25) is 5.02 Å². The van der Waals surface area contributed by atoms with Gasteiger partial charge in [-0.25, -0.2) is 13.1 Å². The summed E-state index contributed by atoms with van der Waals surface area (Å²) in [5.41, 5.74) is 7.04. The van der Waals surface area contributed by atoms with E-state index in [2.05, 4.69) is 11.6 Å². The van der Waals surface area contributed by atoms with Crippen molar-refractivity contribution in [1.29, 1.82) is 0 Å². The van der Waals surface area contributed by atoms with E-state index < -0.39 is 10.0 Å². The molecule has 0 amide bonds. The molecule has 0 atom stereocenters. The molecule has 1 saturated carbocycles. The lowest BCUT2D eigenvalue weighted by atomic mass is 9.71. The van der Waals surface area contributed by atoms with Gasteiger partial charge in [0.25, 0.3) is 0 Å². The minimum absolute atomic E-state index is 0.0557. The van der Waals surface area contributed by atoms with Crippen LogP contribution in [0.3, 0.4) is 0 Å². The minimum Gasteiger partial charge on any atom is -0.398 e. The van der Waals surface area contributed by atoms with Gasteiger partial charge >= 0.3 is 0 Å². The average molecular weight is 303 g/mol. The smallest absolute Gasteiger partial charge is 0.242 e. The molecule has 106 valence electrons. The highest BCUT2D eigenvalue weighted by Gasteiger charge is 2.33. The van der Waals surface area contributed by atoms with E-state index in [0.29, 0.717) is 12.2 Å². The topological polar surface area (TPSA) is 72.2 Å². The fourth-order valence-electron chi connectivity index (χ4n) is 2.18. The van der Waals surface area contributed by atoms with Crippen LogP contribution >= 0.6 is 11.6 Å². The number of nitrogen functional groups attached to an aromatic ring is 1. The normalized spacial score (nSPS) is 18.1. The Hall–Kier alpha value is -0.780. The Morgan fingerprint density at radius 1 is 1.42 bits per heavy atom. The second kappa shape index (κ2) is 4.96. The molecule has 0 heterocycles. The van der Waals surface area contributed by atoms with Crippen molar-refractivity contribution >= 4 is 27.3 Å². The van der Waals surface area contributed by atoms with Crippen molar-refractivity contribution in [1.82, 2.24) is 4.72 Å². The van der Waals surface area contributed by atoms with E-state index in [-0.39, 0.29) is 15.3 Å². The summed E-state index contributed by atoms with van der Waals surface area (Å²) in [6.07, 6.45) is 3.27. The van der Waals surface area contributed by atoms with Crippen LogP contribution in [-0.2, 0) is 10.0 Å². The maximum absolute atomic E-state index is 12.3. The first-order valence-corrected chi connectivity index (χ1v) is 8.15. The molecule has 0 radical (unpaired) electrons. The van der Waals surface area contributed by atoms with Gasteiger partial charge < -0.3 is 5.73 Å². The lowest BCUT2D eigenvalue weighted by Crippen LogP contribution is -2.40. The highest BCUT2D eigenvalue weighted by atomic mass is 35.5. The lowest BCUT2D eigenvalue weighted by molar-refractivity contribution is 0.166. The number of aryl methyl sites for hydroxylation is 1. The maximum atomic E-state index is 12.3. The van der Waals surface area contributed by atoms with Gasteiger partial charge in [-0.15, -0.1) is 0 Å². The van der Waals surface area contributed by atoms with Gasteiger partial charge in [-0.05, 0) is 42.9 Å². The third-order valence-corrected chi connectivity index (χ3v) is 5.73. The molecule has 0 saturated heterocycles. The molecule has 0 bridgehead atoms. The van der Waals surface area contributed by atoms with Crippen molar-refractivity contribution in [2.24, 2.45) is 5.41 Å². The quantitative estimate of drug-likeness (QED) is 0.840. The summed E-state index contributed by atoms with van der Waals surface area (Å²) in [4.78, 5) is 0.0557. The number of benzene rings is 1. The number of anilines is 1. The Bertz CT molecular complexity index is 595. The molecule has 0 aromatic heterocycles. The standard InChI is InChI=1S/C13H19ClN2O2S/c1-9-6-10(14)12(7-11(9)15)19(17,18)16-8-13(2)4-3-5-13/h6-7,16H,3-5,8,15H2,1-2H3. The monoisotopic (exact) mass is 302 g/mol. The number of sulfonamides is 1. The molecule has 0 aliphatic heterocycles. The van der Waals surface area contributed by atoms with Crippen LogP contribution < -0.4 is 10.5 Å². The Morgan fingerprint density at radius 3 is 2.58 bits per heavy atom. The molecule has 1 aliphatic carbocycles. The van der Waals surface area contributed by atoms with Crippen molar-refractivity contribution in [2.75, 3.05) is 12.3 Å². The van der Waals surface area contributed by atoms with E-state index in [4.69, 9.17) is 17.3 Å². The van der Waals surface area contributed by atoms with Gasteiger partial charge in [-0.2, -0.15) is 0 Å². The van der Waals surface area contributed by atoms with Crippen LogP contribution in [0.4, 0.5) is 5.69 Å². The van der Waals surface area contributed by atoms with E-state index in [0.717, 1.165) is 24.8 Å². The number of hydrogen-bond donors (Lipinski definition) is 2. The summed E-state index contributed by atoms with van der Waals surface area (Å²) in [5, 5.41) is 0.206. The van der Waals surface area contributed by atoms with Gasteiger partial charge in [0.05, 0.1) is 5.02 Å². The van der Waals surface area contributed by atoms with E-state index in [1.807, 2.05) is 0 Å². The molecule has 19 heavy (non-hydrogen) atoms. The number of nitrogens with one attached hydrogen (secondary N) is 1. The molecule has 1 aromatic carbocycles. The summed E-state index contributed by atoms with van der Waals surface area (Å²) in [6.45, 7) is 4.32. The number of rotatable bonds is 4. The highest BCUT2D eigenvalue weighted by molar-refractivity contribution is 7.89. The fraction of sp³-hybridized carbons (Fsp3) is 0.538. The zero-order valence-electron chi connectivity index (χ0n) is 11.2. The zero-order valence-corrected chi connectivity index (χ0v) is 12.7. The molecule has 1 aliphatic rings. The van der Waals surface area contributed by atoms with E-state index >= 15 is 0 Å². The molecule has 2 rings (SSSR count). The fourth-order valence-corrected chi connectivity index (χ4v) is 3.99. The zero-order chi connectivity index (χ0) is 14.3. The highest BCUT2D eigenvalue weighted by Crippen LogP contribution is 2.39. The first-order chi connectivity index (χ1) is 8.73. The lowest BCUT2D eigenvalue weighted by Gasteiger charge is -2.38. The molecule has 1 aromatic rings. The average Bonchev–Trinajstić information content (AvgIpc) is 2.28. The van der Waals surface area contributed by atoms with Crippen LogP contribution in [0.15, 0.2) is 17.0 Å². The van der Waals surface area contributed by atoms with E-state index in [1.54, 1.807) is 13.0 Å². The summed E-state index contributed by atoms with van der Waals surface area (Å²) < 4.78 is 27.1. The Kier molecular flexibility index (Phi) is 3.82. The third-order valence-electron chi connectivity index (χ3n) is 3.86. The van der Waals surface area contributed by atoms with Crippen LogP contribution in [-0.4, -0.2) is 15.0 Å². The van der Waals surface area contributed by atoms with Crippen LogP contribution in [0.5, 0.6) is 0 Å². The first kappa shape index (κ1) is 14.6. The molecular formula is C13H19ClN2O2S. The number of nitrogens with two attached hydrogens (primary N) is 1. The summed E-state index contributed by atoms with van der Waals surface area (Å²) in [5.74, 6) is 0. The molecule has 3 N–H and O–H groups in total. The second-order valence-electron chi connectivity index (χ2n) is 5.63. The largest absolute Gasteiger partial charge is 0.398 e. The summed E-state index contributed by atoms with van der Waals surface area (Å²) >= 11 is 6.01. The van der Waals surface area contributed by atoms with Gasteiger partial charge in [0, 0.05) is 12.2 Å². The van der Waals surface area contributed by atoms with Gasteiger partial charge in [0.1, 0.15) is 4.90 Å². The predicted octanol–water partition coefficient (Wildman–Crippen LogP) is 2.70. The Morgan fingerprint density at radius 2 is 2.05 bits per heavy atom. The number of halogens is 1. The van der Waals surface area contributed by atoms with Gasteiger partial charge in [0.15, 0.2) is 0 Å².